The topological polar surface area (TPSA) is 38.9 Å². The van der Waals surface area contributed by atoms with Crippen molar-refractivity contribution in [3.63, 3.8) is 0 Å². The van der Waals surface area contributed by atoms with Crippen molar-refractivity contribution in [3.05, 3.63) is 48.8 Å². The van der Waals surface area contributed by atoms with Crippen molar-refractivity contribution in [2.45, 2.75) is 0 Å². The molecule has 0 aliphatic rings. The molecule has 0 bridgehead atoms. The summed E-state index contributed by atoms with van der Waals surface area (Å²) in [5, 5.41) is 8.59. The first kappa shape index (κ1) is 8.70. The second-order valence-electron chi connectivity index (χ2n) is 4.05. The minimum absolute atomic E-state index is 0.800. The molecular formula is C14H8N2O. The van der Waals surface area contributed by atoms with Crippen molar-refractivity contribution >= 4 is 32.6 Å². The Bertz CT molecular complexity index is 848. The Morgan fingerprint density at radius 1 is 0.882 bits per heavy atom. The summed E-state index contributed by atoms with van der Waals surface area (Å²) in [7, 11) is 0. The summed E-state index contributed by atoms with van der Waals surface area (Å²) < 4.78 is 5.38. The molecule has 3 nitrogen and oxygen atoms in total. The minimum atomic E-state index is 0.800. The van der Waals surface area contributed by atoms with Gasteiger partial charge < -0.3 is 4.52 Å². The fraction of sp³-hybridized carbons (Fsp3) is 0. The number of para-hydroxylation sites is 1. The zero-order valence-corrected chi connectivity index (χ0v) is 8.92. The number of rotatable bonds is 0. The van der Waals surface area contributed by atoms with Gasteiger partial charge in [0.05, 0.1) is 0 Å². The number of nitrogens with zero attached hydrogens (tertiary/aromatic N) is 2. The Morgan fingerprint density at radius 2 is 1.82 bits per heavy atom. The van der Waals surface area contributed by atoms with Gasteiger partial charge in [-0.2, -0.15) is 0 Å². The zero-order chi connectivity index (χ0) is 11.2. The van der Waals surface area contributed by atoms with E-state index >= 15 is 0 Å². The second kappa shape index (κ2) is 3.04. The summed E-state index contributed by atoms with van der Waals surface area (Å²) >= 11 is 0. The number of benzene rings is 2. The van der Waals surface area contributed by atoms with Gasteiger partial charge >= 0.3 is 0 Å². The smallest absolute Gasteiger partial charge is 0.165 e. The second-order valence-corrected chi connectivity index (χ2v) is 4.05. The standard InChI is InChI=1S/C14H8N2O/c1-2-4-13-10(3-1)14-11-8-15-7-9(11)5-6-12(14)16-17-13/h1-8H. The average molecular weight is 220 g/mol. The van der Waals surface area contributed by atoms with Crippen LogP contribution in [0, 0.1) is 0 Å². The quantitative estimate of drug-likeness (QED) is 0.425. The van der Waals surface area contributed by atoms with Crippen molar-refractivity contribution in [1.82, 2.24) is 10.1 Å². The maximum atomic E-state index is 5.38. The van der Waals surface area contributed by atoms with E-state index in [-0.39, 0.29) is 0 Å². The number of hydrogen-bond acceptors (Lipinski definition) is 3. The Kier molecular flexibility index (Phi) is 1.56. The molecule has 17 heavy (non-hydrogen) atoms. The predicted molar refractivity (Wildman–Crippen MR) is 66.8 cm³/mol. The van der Waals surface area contributed by atoms with Crippen LogP contribution in [0.3, 0.4) is 0 Å². The van der Waals surface area contributed by atoms with E-state index < -0.39 is 0 Å². The Hall–Kier alpha value is -2.42. The maximum absolute atomic E-state index is 5.38. The molecule has 4 rings (SSSR count). The Balaban J connectivity index is 2.41. The lowest BCUT2D eigenvalue weighted by Gasteiger charge is -2.02. The fourth-order valence-electron chi connectivity index (χ4n) is 2.28. The molecule has 2 aromatic carbocycles. The molecular weight excluding hydrogens is 212 g/mol. The molecule has 3 heteroatoms. The van der Waals surface area contributed by atoms with Gasteiger partial charge in [-0.05, 0) is 12.1 Å². The minimum Gasteiger partial charge on any atom is -0.356 e. The molecule has 80 valence electrons. The van der Waals surface area contributed by atoms with E-state index in [1.807, 2.05) is 42.7 Å². The molecule has 0 spiro atoms. The van der Waals surface area contributed by atoms with Gasteiger partial charge in [0.2, 0.25) is 0 Å². The molecule has 0 fully saturated rings. The van der Waals surface area contributed by atoms with Crippen LogP contribution in [0.5, 0.6) is 0 Å². The lowest BCUT2D eigenvalue weighted by atomic mass is 10.1. The van der Waals surface area contributed by atoms with Gasteiger partial charge in [0.25, 0.3) is 0 Å². The number of hydrogen-bond donors (Lipinski definition) is 0. The highest BCUT2D eigenvalue weighted by Gasteiger charge is 2.08. The molecule has 2 aromatic heterocycles. The average Bonchev–Trinajstić information content (AvgIpc) is 2.86. The largest absolute Gasteiger partial charge is 0.356 e. The summed E-state index contributed by atoms with van der Waals surface area (Å²) in [6.45, 7) is 0. The lowest BCUT2D eigenvalue weighted by molar-refractivity contribution is 0.455. The van der Waals surface area contributed by atoms with Gasteiger partial charge in [-0.15, -0.1) is 0 Å². The summed E-state index contributed by atoms with van der Waals surface area (Å²) in [6.07, 6.45) is 3.75. The van der Waals surface area contributed by atoms with Gasteiger partial charge in [0.15, 0.2) is 5.58 Å². The van der Waals surface area contributed by atoms with Crippen LogP contribution in [-0.2, 0) is 0 Å². The molecule has 0 unspecified atom stereocenters. The molecule has 0 aliphatic heterocycles. The first-order valence-corrected chi connectivity index (χ1v) is 5.44. The van der Waals surface area contributed by atoms with Crippen LogP contribution < -0.4 is 0 Å². The lowest BCUT2D eigenvalue weighted by Crippen LogP contribution is -1.82. The van der Waals surface area contributed by atoms with Crippen molar-refractivity contribution in [2.24, 2.45) is 0 Å². The highest BCUT2D eigenvalue weighted by Crippen LogP contribution is 2.30. The summed E-state index contributed by atoms with van der Waals surface area (Å²) in [4.78, 5) is 4.20. The van der Waals surface area contributed by atoms with Crippen LogP contribution in [0.4, 0.5) is 0 Å². The van der Waals surface area contributed by atoms with Crippen molar-refractivity contribution < 1.29 is 4.52 Å². The Labute approximate surface area is 96.7 Å². The molecule has 2 heterocycles. The molecule has 0 atom stereocenters. The normalized spacial score (nSPS) is 11.5. The van der Waals surface area contributed by atoms with Crippen LogP contribution in [0.15, 0.2) is 53.3 Å². The third kappa shape index (κ3) is 1.11. The molecule has 0 radical (unpaired) electrons. The summed E-state index contributed by atoms with van der Waals surface area (Å²) in [6, 6.07) is 11.9. The van der Waals surface area contributed by atoms with Gasteiger partial charge in [0, 0.05) is 33.9 Å². The maximum Gasteiger partial charge on any atom is 0.165 e. The van der Waals surface area contributed by atoms with Crippen LogP contribution in [0.2, 0.25) is 0 Å². The fourth-order valence-corrected chi connectivity index (χ4v) is 2.28. The summed E-state index contributed by atoms with van der Waals surface area (Å²) in [5.74, 6) is 0. The van der Waals surface area contributed by atoms with Crippen molar-refractivity contribution in [1.29, 1.82) is 0 Å². The zero-order valence-electron chi connectivity index (χ0n) is 8.92. The van der Waals surface area contributed by atoms with Crippen LogP contribution >= 0.6 is 0 Å². The molecule has 4 aromatic rings. The Morgan fingerprint density at radius 3 is 2.82 bits per heavy atom. The van der Waals surface area contributed by atoms with E-state index in [0.717, 1.165) is 32.6 Å². The monoisotopic (exact) mass is 220 g/mol. The first-order chi connectivity index (χ1) is 8.43. The van der Waals surface area contributed by atoms with E-state index in [4.69, 9.17) is 4.52 Å². The molecule has 0 N–H and O–H groups in total. The number of aromatic nitrogens is 2. The van der Waals surface area contributed by atoms with Gasteiger partial charge in [-0.3, -0.25) is 4.98 Å². The van der Waals surface area contributed by atoms with Crippen molar-refractivity contribution in [3.8, 4) is 0 Å². The van der Waals surface area contributed by atoms with Crippen LogP contribution in [-0.4, -0.2) is 10.1 Å². The van der Waals surface area contributed by atoms with Gasteiger partial charge in [0.1, 0.15) is 5.52 Å². The van der Waals surface area contributed by atoms with Gasteiger partial charge in [-0.25, -0.2) is 0 Å². The SMILES string of the molecule is c1ccc2c(c1)onc1ccc3cncc3c12. The van der Waals surface area contributed by atoms with Crippen LogP contribution in [0.25, 0.3) is 32.6 Å². The van der Waals surface area contributed by atoms with Crippen molar-refractivity contribution in [2.75, 3.05) is 0 Å². The molecule has 0 aliphatic carbocycles. The summed E-state index contributed by atoms with van der Waals surface area (Å²) in [5.41, 5.74) is 1.66. The third-order valence-electron chi connectivity index (χ3n) is 3.07. The molecule has 0 amide bonds. The van der Waals surface area contributed by atoms with E-state index in [2.05, 4.69) is 16.2 Å². The van der Waals surface area contributed by atoms with Gasteiger partial charge in [-0.1, -0.05) is 29.4 Å². The molecule has 0 saturated heterocycles. The highest BCUT2D eigenvalue weighted by atomic mass is 16.5. The van der Waals surface area contributed by atoms with E-state index in [1.165, 1.54) is 0 Å². The van der Waals surface area contributed by atoms with E-state index in [0.29, 0.717) is 0 Å². The predicted octanol–water partition coefficient (Wildman–Crippen LogP) is 3.53. The van der Waals surface area contributed by atoms with E-state index in [1.54, 1.807) is 0 Å². The van der Waals surface area contributed by atoms with Crippen LogP contribution in [0.1, 0.15) is 0 Å². The number of fused-ring (bicyclic) bond motifs is 5. The third-order valence-corrected chi connectivity index (χ3v) is 3.07. The first-order valence-electron chi connectivity index (χ1n) is 5.44. The highest BCUT2D eigenvalue weighted by molar-refractivity contribution is 6.17. The van der Waals surface area contributed by atoms with E-state index in [9.17, 15) is 0 Å². The molecule has 0 saturated carbocycles.